The Labute approximate surface area is 127 Å². The summed E-state index contributed by atoms with van der Waals surface area (Å²) in [4.78, 5) is 50.9. The van der Waals surface area contributed by atoms with Crippen LogP contribution in [0.1, 0.15) is 0 Å². The normalized spacial score (nSPS) is 6.55. The van der Waals surface area contributed by atoms with Crippen molar-refractivity contribution in [1.82, 2.24) is 0 Å². The van der Waals surface area contributed by atoms with Crippen LogP contribution in [0, 0.1) is 0 Å². The van der Waals surface area contributed by atoms with Crippen molar-refractivity contribution in [3.8, 4) is 0 Å². The van der Waals surface area contributed by atoms with Crippen LogP contribution < -0.4 is 29.4 Å². The van der Waals surface area contributed by atoms with Crippen molar-refractivity contribution < 1.29 is 111 Å². The van der Waals surface area contributed by atoms with E-state index in [1.54, 1.807) is 0 Å². The van der Waals surface area contributed by atoms with E-state index in [1.165, 1.54) is 0 Å². The summed E-state index contributed by atoms with van der Waals surface area (Å²) in [5.74, 6) is 0. The van der Waals surface area contributed by atoms with Gasteiger partial charge in [-0.15, -0.1) is 0 Å². The Morgan fingerprint density at radius 1 is 0.455 bits per heavy atom. The van der Waals surface area contributed by atoms with E-state index in [0.29, 0.717) is 0 Å². The van der Waals surface area contributed by atoms with Crippen molar-refractivity contribution in [1.29, 1.82) is 0 Å². The van der Waals surface area contributed by atoms with Gasteiger partial charge in [-0.3, -0.25) is 0 Å². The van der Waals surface area contributed by atoms with Gasteiger partial charge in [-0.1, -0.05) is 0 Å². The second kappa shape index (κ2) is 23.3. The minimum atomic E-state index is -3.37. The second-order valence-corrected chi connectivity index (χ2v) is 1.34. The van der Waals surface area contributed by atoms with Crippen LogP contribution in [0.15, 0.2) is 0 Å². The van der Waals surface area contributed by atoms with E-state index in [-0.39, 0.29) is 81.9 Å². The number of hydrogen-bond acceptors (Lipinski definition) is 6. The van der Waals surface area contributed by atoms with Crippen LogP contribution in [-0.2, 0) is 81.9 Å². The molecular formula is Cd3O6P2. The third-order valence-corrected chi connectivity index (χ3v) is 0. The molecule has 0 saturated carbocycles. The fraction of sp³-hybridized carbons (Fsp3) is 0. The molecular weight excluding hydrogens is 495 g/mol. The quantitative estimate of drug-likeness (QED) is 0.243. The number of rotatable bonds is 0. The van der Waals surface area contributed by atoms with Crippen LogP contribution in [0.25, 0.3) is 0 Å². The van der Waals surface area contributed by atoms with E-state index in [9.17, 15) is 0 Å². The molecule has 0 aromatic carbocycles. The molecule has 0 aliphatic carbocycles. The molecule has 6 nitrogen and oxygen atoms in total. The fourth-order valence-corrected chi connectivity index (χ4v) is 0. The fourth-order valence-electron chi connectivity index (χ4n) is 0. The molecule has 0 saturated heterocycles. The first kappa shape index (κ1) is 29.3. The molecule has 0 radical (unpaired) electrons. The molecule has 11 heteroatoms. The minimum absolute atomic E-state index is 0. The molecule has 0 spiro atoms. The second-order valence-electron chi connectivity index (χ2n) is 0.447. The van der Waals surface area contributed by atoms with Gasteiger partial charge in [0.15, 0.2) is 0 Å². The maximum Gasteiger partial charge on any atom is 2.00 e. The summed E-state index contributed by atoms with van der Waals surface area (Å²) >= 11 is 0. The topological polar surface area (TPSA) is 138 Å². The van der Waals surface area contributed by atoms with Crippen LogP contribution in [0.4, 0.5) is 0 Å². The molecule has 0 unspecified atom stereocenters. The molecule has 0 atom stereocenters. The first-order chi connectivity index (χ1) is 3.46. The van der Waals surface area contributed by atoms with Crippen molar-refractivity contribution in [2.75, 3.05) is 0 Å². The molecule has 0 amide bonds. The third kappa shape index (κ3) is 151. The average molecular weight is 495 g/mol. The first-order valence-electron chi connectivity index (χ1n) is 1.10. The number of hydrogen-bond donors (Lipinski definition) is 0. The molecule has 0 rings (SSSR count). The molecule has 0 N–H and O–H groups in total. The Balaban J connectivity index is -0.0000000171. The Morgan fingerprint density at radius 2 is 0.455 bits per heavy atom. The SMILES string of the molecule is [Cd+2].[Cd+2].[Cd+2].[O-]P([O-])[O-].[O-]P([O-])[O-]. The van der Waals surface area contributed by atoms with E-state index >= 15 is 0 Å². The van der Waals surface area contributed by atoms with Crippen LogP contribution in [0.5, 0.6) is 0 Å². The van der Waals surface area contributed by atoms with Crippen LogP contribution in [0.3, 0.4) is 0 Å². The summed E-state index contributed by atoms with van der Waals surface area (Å²) in [5.41, 5.74) is 0. The van der Waals surface area contributed by atoms with E-state index < -0.39 is 17.2 Å². The largest absolute Gasteiger partial charge is 2.00 e. The monoisotopic (exact) mass is 500 g/mol. The third-order valence-electron chi connectivity index (χ3n) is 0. The van der Waals surface area contributed by atoms with Crippen molar-refractivity contribution >= 4 is 17.2 Å². The van der Waals surface area contributed by atoms with Crippen molar-refractivity contribution in [3.05, 3.63) is 0 Å². The molecule has 0 aliphatic heterocycles. The van der Waals surface area contributed by atoms with Crippen LogP contribution in [-0.4, -0.2) is 0 Å². The van der Waals surface area contributed by atoms with Crippen molar-refractivity contribution in [3.63, 3.8) is 0 Å². The van der Waals surface area contributed by atoms with Crippen molar-refractivity contribution in [2.45, 2.75) is 0 Å². The zero-order chi connectivity index (χ0) is 7.15. The molecule has 0 heterocycles. The minimum Gasteiger partial charge on any atom is -0.854 e. The molecule has 52 valence electrons. The summed E-state index contributed by atoms with van der Waals surface area (Å²) < 4.78 is 0. The van der Waals surface area contributed by atoms with E-state index in [2.05, 4.69) is 0 Å². The summed E-state index contributed by atoms with van der Waals surface area (Å²) in [6.45, 7) is 0. The van der Waals surface area contributed by atoms with Gasteiger partial charge in [0, 0.05) is 0 Å². The summed E-state index contributed by atoms with van der Waals surface area (Å²) in [6, 6.07) is 0. The molecule has 11 heavy (non-hydrogen) atoms. The van der Waals surface area contributed by atoms with Gasteiger partial charge in [0.1, 0.15) is 0 Å². The molecule has 0 aromatic rings. The maximum absolute atomic E-state index is 8.48. The molecule has 0 bridgehead atoms. The molecule has 0 aromatic heterocycles. The standard InChI is InChI=1S/3Cd.2O3P/c;;;2*1-4(2)3/q3*+2;2*-3. The predicted octanol–water partition coefficient (Wildman–Crippen LogP) is -5.42. The van der Waals surface area contributed by atoms with E-state index in [4.69, 9.17) is 29.4 Å². The Morgan fingerprint density at radius 3 is 0.455 bits per heavy atom. The van der Waals surface area contributed by atoms with Gasteiger partial charge in [-0.25, -0.2) is 0 Å². The van der Waals surface area contributed by atoms with Gasteiger partial charge in [0.25, 0.3) is 0 Å². The van der Waals surface area contributed by atoms with Crippen LogP contribution >= 0.6 is 17.2 Å². The van der Waals surface area contributed by atoms with Gasteiger partial charge in [0.2, 0.25) is 0 Å². The smallest absolute Gasteiger partial charge is 0.854 e. The first-order valence-corrected chi connectivity index (χ1v) is 3.29. The van der Waals surface area contributed by atoms with E-state index in [0.717, 1.165) is 0 Å². The summed E-state index contributed by atoms with van der Waals surface area (Å²) in [6.07, 6.45) is 0. The zero-order valence-electron chi connectivity index (χ0n) is 5.47. The van der Waals surface area contributed by atoms with Gasteiger partial charge in [-0.2, -0.15) is 0 Å². The van der Waals surface area contributed by atoms with Gasteiger partial charge in [0.05, 0.1) is 0 Å². The van der Waals surface area contributed by atoms with E-state index in [1.807, 2.05) is 0 Å². The molecule has 0 aliphatic rings. The van der Waals surface area contributed by atoms with Crippen LogP contribution in [0.2, 0.25) is 0 Å². The Kier molecular flexibility index (Phi) is 62.0. The maximum atomic E-state index is 8.48. The van der Waals surface area contributed by atoms with Gasteiger partial charge < -0.3 is 46.6 Å². The van der Waals surface area contributed by atoms with Crippen molar-refractivity contribution in [2.24, 2.45) is 0 Å². The van der Waals surface area contributed by atoms with Gasteiger partial charge in [-0.05, 0) is 0 Å². The average Bonchev–Trinajstić information content (AvgIpc) is 1.25. The Bertz CT molecular complexity index is 31.3. The predicted molar refractivity (Wildman–Crippen MR) is 13.8 cm³/mol. The molecule has 0 fully saturated rings. The summed E-state index contributed by atoms with van der Waals surface area (Å²) in [5, 5.41) is 0. The Hall–Kier alpha value is 3.39. The van der Waals surface area contributed by atoms with Gasteiger partial charge >= 0.3 is 81.9 Å². The zero-order valence-corrected chi connectivity index (χ0v) is 19.4. The summed E-state index contributed by atoms with van der Waals surface area (Å²) in [7, 11) is -6.74.